The molecule has 1 N–H and O–H groups in total. The Labute approximate surface area is 199 Å². The van der Waals surface area contributed by atoms with Crippen molar-refractivity contribution in [2.75, 3.05) is 25.3 Å². The minimum absolute atomic E-state index is 0.468. The van der Waals surface area contributed by atoms with E-state index < -0.39 is 6.23 Å². The van der Waals surface area contributed by atoms with Crippen molar-refractivity contribution in [3.05, 3.63) is 48.0 Å². The molecule has 174 valence electrons. The van der Waals surface area contributed by atoms with E-state index >= 15 is 0 Å². The molecule has 1 aliphatic heterocycles. The van der Waals surface area contributed by atoms with Gasteiger partial charge >= 0.3 is 0 Å². The maximum absolute atomic E-state index is 6.36. The first kappa shape index (κ1) is 23.2. The van der Waals surface area contributed by atoms with Crippen molar-refractivity contribution >= 4 is 17.4 Å². The van der Waals surface area contributed by atoms with Crippen LogP contribution in [0.15, 0.2) is 47.6 Å². The topological polar surface area (TPSA) is 78.4 Å². The van der Waals surface area contributed by atoms with E-state index in [4.69, 9.17) is 19.2 Å². The fourth-order valence-electron chi connectivity index (χ4n) is 3.74. The third-order valence-corrected chi connectivity index (χ3v) is 6.45. The van der Waals surface area contributed by atoms with E-state index in [9.17, 15) is 0 Å². The standard InChI is InChI=1S/C25H30N4O3S/c1-4-5-6-7-10-15-33-25-27-24-22(28-29-25)18-11-8-9-12-19(18)26-23(32-24)17-13-14-20(30-2)21(16-17)31-3/h8-9,11-14,16,23,26H,4-7,10,15H2,1-3H3/t23-/m1/s1. The van der Waals surface area contributed by atoms with Gasteiger partial charge in [-0.15, -0.1) is 10.2 Å². The summed E-state index contributed by atoms with van der Waals surface area (Å²) >= 11 is 1.63. The van der Waals surface area contributed by atoms with E-state index in [2.05, 4.69) is 22.4 Å². The van der Waals surface area contributed by atoms with Gasteiger partial charge in [0.15, 0.2) is 23.4 Å². The molecular formula is C25H30N4O3S. The molecule has 0 bridgehead atoms. The number of rotatable bonds is 10. The van der Waals surface area contributed by atoms with Crippen molar-refractivity contribution in [1.29, 1.82) is 0 Å². The Hall–Kier alpha value is -3.00. The first-order valence-corrected chi connectivity index (χ1v) is 12.3. The summed E-state index contributed by atoms with van der Waals surface area (Å²) in [5.74, 6) is 2.74. The van der Waals surface area contributed by atoms with Gasteiger partial charge in [0.05, 0.1) is 14.2 Å². The van der Waals surface area contributed by atoms with Gasteiger partial charge in [0.1, 0.15) is 0 Å². The van der Waals surface area contributed by atoms with Gasteiger partial charge < -0.3 is 19.5 Å². The third-order valence-electron chi connectivity index (χ3n) is 5.52. The predicted octanol–water partition coefficient (Wildman–Crippen LogP) is 6.12. The van der Waals surface area contributed by atoms with Crippen LogP contribution in [0.3, 0.4) is 0 Å². The average Bonchev–Trinajstić information content (AvgIpc) is 3.02. The van der Waals surface area contributed by atoms with Crippen molar-refractivity contribution in [1.82, 2.24) is 15.2 Å². The molecule has 0 aliphatic carbocycles. The van der Waals surface area contributed by atoms with Crippen molar-refractivity contribution in [2.24, 2.45) is 0 Å². The summed E-state index contributed by atoms with van der Waals surface area (Å²) in [5.41, 5.74) is 3.34. The summed E-state index contributed by atoms with van der Waals surface area (Å²) in [6.07, 6.45) is 5.71. The van der Waals surface area contributed by atoms with Crippen LogP contribution in [0.4, 0.5) is 5.69 Å². The monoisotopic (exact) mass is 466 g/mol. The van der Waals surface area contributed by atoms with Crippen LogP contribution in [0.5, 0.6) is 17.4 Å². The smallest absolute Gasteiger partial charge is 0.247 e. The van der Waals surface area contributed by atoms with Crippen molar-refractivity contribution in [3.63, 3.8) is 0 Å². The van der Waals surface area contributed by atoms with E-state index in [1.165, 1.54) is 25.7 Å². The molecule has 3 aromatic rings. The summed E-state index contributed by atoms with van der Waals surface area (Å²) in [6.45, 7) is 2.23. The lowest BCUT2D eigenvalue weighted by molar-refractivity contribution is 0.224. The molecule has 1 atom stereocenters. The molecule has 1 aliphatic rings. The summed E-state index contributed by atoms with van der Waals surface area (Å²) < 4.78 is 17.2. The van der Waals surface area contributed by atoms with Gasteiger partial charge in [-0.25, -0.2) is 0 Å². The minimum atomic E-state index is -0.476. The van der Waals surface area contributed by atoms with E-state index in [0.29, 0.717) is 28.2 Å². The van der Waals surface area contributed by atoms with Crippen LogP contribution in [0.2, 0.25) is 0 Å². The van der Waals surface area contributed by atoms with Crippen molar-refractivity contribution in [2.45, 2.75) is 50.4 Å². The van der Waals surface area contributed by atoms with Crippen molar-refractivity contribution in [3.8, 4) is 28.6 Å². The van der Waals surface area contributed by atoms with E-state index in [0.717, 1.165) is 29.0 Å². The molecule has 0 fully saturated rings. The number of methoxy groups -OCH3 is 2. The van der Waals surface area contributed by atoms with Crippen LogP contribution in [0, 0.1) is 0 Å². The quantitative estimate of drug-likeness (QED) is 0.283. The number of hydrogen-bond acceptors (Lipinski definition) is 8. The molecule has 2 aromatic carbocycles. The van der Waals surface area contributed by atoms with Gasteiger partial charge in [-0.2, -0.15) is 4.98 Å². The number of ether oxygens (including phenoxy) is 3. The van der Waals surface area contributed by atoms with Crippen LogP contribution in [-0.4, -0.2) is 35.2 Å². The van der Waals surface area contributed by atoms with E-state index in [1.807, 2.05) is 42.5 Å². The number of nitrogens with one attached hydrogen (secondary N) is 1. The Kier molecular flexibility index (Phi) is 7.88. The number of hydrogen-bond donors (Lipinski definition) is 1. The molecule has 0 saturated heterocycles. The fraction of sp³-hybridized carbons (Fsp3) is 0.400. The Balaban J connectivity index is 1.60. The lowest BCUT2D eigenvalue weighted by Crippen LogP contribution is -2.17. The van der Waals surface area contributed by atoms with Gasteiger partial charge in [-0.1, -0.05) is 62.6 Å². The molecule has 1 aromatic heterocycles. The van der Waals surface area contributed by atoms with Gasteiger partial charge in [0.25, 0.3) is 0 Å². The molecule has 4 rings (SSSR count). The number of aromatic nitrogens is 3. The molecule has 2 heterocycles. The Bertz CT molecular complexity index is 1080. The highest BCUT2D eigenvalue weighted by Gasteiger charge is 2.26. The second-order valence-electron chi connectivity index (χ2n) is 7.81. The number of thioether (sulfide) groups is 1. The number of unbranched alkanes of at least 4 members (excludes halogenated alkanes) is 4. The Morgan fingerprint density at radius 1 is 0.970 bits per heavy atom. The molecule has 0 radical (unpaired) electrons. The van der Waals surface area contributed by atoms with Gasteiger partial charge in [0.2, 0.25) is 11.0 Å². The molecule has 0 unspecified atom stereocenters. The number of benzene rings is 2. The maximum atomic E-state index is 6.36. The average molecular weight is 467 g/mol. The highest BCUT2D eigenvalue weighted by Crippen LogP contribution is 2.40. The summed E-state index contributed by atoms with van der Waals surface area (Å²) in [5, 5.41) is 13.0. The normalized spacial score (nSPS) is 14.3. The number of fused-ring (bicyclic) bond motifs is 3. The lowest BCUT2D eigenvalue weighted by Gasteiger charge is -2.20. The highest BCUT2D eigenvalue weighted by molar-refractivity contribution is 7.99. The molecule has 0 amide bonds. The predicted molar refractivity (Wildman–Crippen MR) is 131 cm³/mol. The molecule has 0 saturated carbocycles. The molecule has 7 nitrogen and oxygen atoms in total. The largest absolute Gasteiger partial charge is 0.493 e. The van der Waals surface area contributed by atoms with Crippen LogP contribution >= 0.6 is 11.8 Å². The molecule has 8 heteroatoms. The van der Waals surface area contributed by atoms with Gasteiger partial charge in [-0.3, -0.25) is 0 Å². The second kappa shape index (κ2) is 11.2. The van der Waals surface area contributed by atoms with Crippen LogP contribution in [0.25, 0.3) is 11.3 Å². The third kappa shape index (κ3) is 5.50. The van der Waals surface area contributed by atoms with Crippen LogP contribution in [-0.2, 0) is 0 Å². The van der Waals surface area contributed by atoms with Crippen LogP contribution in [0.1, 0.15) is 50.8 Å². The SMILES string of the molecule is CCCCCCCSc1nnc2c(n1)O[C@H](c1ccc(OC)c(OC)c1)Nc1ccccc1-2. The lowest BCUT2D eigenvalue weighted by atomic mass is 10.1. The highest BCUT2D eigenvalue weighted by atomic mass is 32.2. The van der Waals surface area contributed by atoms with E-state index in [1.54, 1.807) is 26.0 Å². The second-order valence-corrected chi connectivity index (χ2v) is 8.88. The first-order valence-electron chi connectivity index (χ1n) is 11.4. The zero-order chi connectivity index (χ0) is 23.0. The molecule has 0 spiro atoms. The van der Waals surface area contributed by atoms with Crippen LogP contribution < -0.4 is 19.5 Å². The molecule has 33 heavy (non-hydrogen) atoms. The number of para-hydroxylation sites is 1. The Morgan fingerprint density at radius 2 is 1.79 bits per heavy atom. The van der Waals surface area contributed by atoms with E-state index in [-0.39, 0.29) is 0 Å². The first-order chi connectivity index (χ1) is 16.2. The molecular weight excluding hydrogens is 436 g/mol. The minimum Gasteiger partial charge on any atom is -0.493 e. The fourth-order valence-corrected chi connectivity index (χ4v) is 4.52. The summed E-state index contributed by atoms with van der Waals surface area (Å²) in [6, 6.07) is 13.7. The van der Waals surface area contributed by atoms with Crippen molar-refractivity contribution < 1.29 is 14.2 Å². The summed E-state index contributed by atoms with van der Waals surface area (Å²) in [7, 11) is 3.24. The zero-order valence-electron chi connectivity index (χ0n) is 19.3. The van der Waals surface area contributed by atoms with Gasteiger partial charge in [0, 0.05) is 22.6 Å². The van der Waals surface area contributed by atoms with Gasteiger partial charge in [-0.05, 0) is 30.7 Å². The zero-order valence-corrected chi connectivity index (χ0v) is 20.2. The number of anilines is 1. The number of nitrogens with zero attached hydrogens (tertiary/aromatic N) is 3. The summed E-state index contributed by atoms with van der Waals surface area (Å²) in [4.78, 5) is 4.73. The maximum Gasteiger partial charge on any atom is 0.247 e. The Morgan fingerprint density at radius 3 is 2.61 bits per heavy atom.